The molecule has 0 fully saturated rings. The zero-order chi connectivity index (χ0) is 38.9. The van der Waals surface area contributed by atoms with Crippen molar-refractivity contribution in [3.8, 4) is 0 Å². The Bertz CT molecular complexity index is 1240. The van der Waals surface area contributed by atoms with Gasteiger partial charge in [-0.25, -0.2) is 4.79 Å². The van der Waals surface area contributed by atoms with Crippen LogP contribution in [0.5, 0.6) is 0 Å². The maximum absolute atomic E-state index is 13.4. The Morgan fingerprint density at radius 1 is 0.540 bits per heavy atom. The predicted octanol–water partition coefficient (Wildman–Crippen LogP) is -4.37. The second-order valence-electron chi connectivity index (χ2n) is 12.1. The van der Waals surface area contributed by atoms with Crippen LogP contribution in [0.4, 0.5) is 0 Å². The van der Waals surface area contributed by atoms with Crippen molar-refractivity contribution < 1.29 is 68.7 Å². The zero-order valence-corrected chi connectivity index (χ0v) is 28.2. The normalized spacial score (nSPS) is 15.8. The summed E-state index contributed by atoms with van der Waals surface area (Å²) in [6, 6.07) is -9.70. The van der Waals surface area contributed by atoms with Gasteiger partial charge in [-0.2, -0.15) is 0 Å². The molecule has 0 aromatic rings. The third kappa shape index (κ3) is 17.5. The summed E-state index contributed by atoms with van der Waals surface area (Å²) in [7, 11) is 0. The molecule has 0 saturated heterocycles. The lowest BCUT2D eigenvalue weighted by Gasteiger charge is -2.28. The molecule has 0 radical (unpaired) electrons. The van der Waals surface area contributed by atoms with Crippen LogP contribution in [0.3, 0.4) is 0 Å². The average Bonchev–Trinajstić information content (AvgIpc) is 2.99. The van der Waals surface area contributed by atoms with Gasteiger partial charge in [0.2, 0.25) is 35.4 Å². The first kappa shape index (κ1) is 45.1. The van der Waals surface area contributed by atoms with E-state index in [2.05, 4.69) is 26.6 Å². The number of carboxylic acids is 3. The van der Waals surface area contributed by atoms with Crippen LogP contribution < -0.4 is 38.1 Å². The lowest BCUT2D eigenvalue weighted by molar-refractivity contribution is -0.143. The number of carboxylic acid groups (broad SMARTS) is 3. The van der Waals surface area contributed by atoms with Crippen LogP contribution in [0.1, 0.15) is 72.6 Å². The number of rotatable bonds is 24. The fraction of sp³-hybridized carbons (Fsp3) is 0.690. The van der Waals surface area contributed by atoms with Crippen molar-refractivity contribution in [1.29, 1.82) is 0 Å². The van der Waals surface area contributed by atoms with E-state index in [0.29, 0.717) is 0 Å². The molecule has 21 heteroatoms. The van der Waals surface area contributed by atoms with Crippen LogP contribution in [0.15, 0.2) is 0 Å². The van der Waals surface area contributed by atoms with Crippen LogP contribution in [0.25, 0.3) is 0 Å². The van der Waals surface area contributed by atoms with Crippen molar-refractivity contribution in [2.24, 2.45) is 17.4 Å². The van der Waals surface area contributed by atoms with Crippen molar-refractivity contribution in [3.05, 3.63) is 0 Å². The number of hydrogen-bond acceptors (Lipinski definition) is 12. The summed E-state index contributed by atoms with van der Waals surface area (Å²) >= 11 is 0. The maximum Gasteiger partial charge on any atom is 0.326 e. The van der Waals surface area contributed by atoms with Crippen LogP contribution in [0, 0.1) is 5.92 Å². The van der Waals surface area contributed by atoms with Crippen molar-refractivity contribution in [3.63, 3.8) is 0 Å². The molecule has 0 aliphatic rings. The van der Waals surface area contributed by atoms with E-state index in [1.165, 1.54) is 6.92 Å². The first-order valence-corrected chi connectivity index (χ1v) is 15.6. The van der Waals surface area contributed by atoms with Gasteiger partial charge in [-0.05, 0) is 45.4 Å². The van der Waals surface area contributed by atoms with Crippen molar-refractivity contribution in [2.75, 3.05) is 0 Å². The highest BCUT2D eigenvalue weighted by Crippen LogP contribution is 2.09. The second kappa shape index (κ2) is 22.0. The Hall–Kier alpha value is -4.89. The number of aliphatic hydroxyl groups excluding tert-OH is 2. The van der Waals surface area contributed by atoms with Crippen molar-refractivity contribution in [2.45, 2.75) is 121 Å². The number of carbonyl (C=O) groups is 9. The zero-order valence-electron chi connectivity index (χ0n) is 28.2. The van der Waals surface area contributed by atoms with Gasteiger partial charge in [0.05, 0.1) is 12.2 Å². The van der Waals surface area contributed by atoms with E-state index in [1.54, 1.807) is 13.8 Å². The predicted molar refractivity (Wildman–Crippen MR) is 170 cm³/mol. The van der Waals surface area contributed by atoms with Crippen molar-refractivity contribution >= 4 is 53.4 Å². The molecule has 0 unspecified atom stereocenters. The van der Waals surface area contributed by atoms with E-state index < -0.39 is 140 Å². The van der Waals surface area contributed by atoms with Crippen LogP contribution in [-0.4, -0.2) is 127 Å². The fourth-order valence-corrected chi connectivity index (χ4v) is 4.27. The molecular formula is C29H49N7O14. The molecule has 284 valence electrons. The number of nitrogens with two attached hydrogens (primary N) is 2. The van der Waals surface area contributed by atoms with Gasteiger partial charge in [-0.3, -0.25) is 38.4 Å². The summed E-state index contributed by atoms with van der Waals surface area (Å²) in [6.45, 7) is 5.65. The standard InChI is InChI=1S/C29H49N7O14/c1-12(2)11-18(29(49)50)35-25(45)16(6-9-20(40)41)32-24(44)15(5-8-19(30)39)34-28(48)23(14(4)38)36-26(46)17(7-10-21(42)43)33-27(47)22(31)13(3)37/h12-18,22-23,37-38H,5-11,31H2,1-4H3,(H2,30,39)(H,32,44)(H,33,47)(H,34,48)(H,35,45)(H,36,46)(H,40,41)(H,42,43)(H,49,50)/t13-,14-,15+,16+,17+,18+,22+,23+/m1/s1. The maximum atomic E-state index is 13.4. The average molecular weight is 720 g/mol. The van der Waals surface area contributed by atoms with Crippen LogP contribution in [0.2, 0.25) is 0 Å². The third-order valence-electron chi connectivity index (χ3n) is 7.08. The summed E-state index contributed by atoms with van der Waals surface area (Å²) in [5, 5.41) is 58.6. The molecular weight excluding hydrogens is 670 g/mol. The van der Waals surface area contributed by atoms with Gasteiger partial charge < -0.3 is 63.6 Å². The van der Waals surface area contributed by atoms with Gasteiger partial charge >= 0.3 is 17.9 Å². The first-order valence-electron chi connectivity index (χ1n) is 15.6. The Labute approximate surface area is 287 Å². The molecule has 0 saturated carbocycles. The Morgan fingerprint density at radius 3 is 1.28 bits per heavy atom. The van der Waals surface area contributed by atoms with E-state index in [0.717, 1.165) is 6.92 Å². The molecule has 50 heavy (non-hydrogen) atoms. The minimum Gasteiger partial charge on any atom is -0.481 e. The molecule has 0 bridgehead atoms. The summed E-state index contributed by atoms with van der Waals surface area (Å²) in [4.78, 5) is 111. The van der Waals surface area contributed by atoms with E-state index in [9.17, 15) is 58.5 Å². The van der Waals surface area contributed by atoms with Gasteiger partial charge in [0.25, 0.3) is 0 Å². The number of primary amides is 1. The van der Waals surface area contributed by atoms with Crippen LogP contribution in [-0.2, 0) is 43.2 Å². The lowest BCUT2D eigenvalue weighted by atomic mass is 10.0. The van der Waals surface area contributed by atoms with Crippen molar-refractivity contribution in [1.82, 2.24) is 26.6 Å². The number of hydrogen-bond donors (Lipinski definition) is 12. The van der Waals surface area contributed by atoms with Gasteiger partial charge in [-0.1, -0.05) is 13.8 Å². The highest BCUT2D eigenvalue weighted by Gasteiger charge is 2.35. The van der Waals surface area contributed by atoms with E-state index in [-0.39, 0.29) is 12.3 Å². The third-order valence-corrected chi connectivity index (χ3v) is 7.08. The molecule has 0 spiro atoms. The SMILES string of the molecule is CC(C)C[C@H](NC(=O)[C@H](CCC(=O)O)NC(=O)[C@H](CCC(N)=O)NC(=O)[C@@H](NC(=O)[C@H](CCC(=O)O)NC(=O)[C@@H](N)[C@@H](C)O)[C@@H](C)O)C(=O)O. The monoisotopic (exact) mass is 719 g/mol. The van der Waals surface area contributed by atoms with Gasteiger partial charge in [-0.15, -0.1) is 0 Å². The highest BCUT2D eigenvalue weighted by molar-refractivity contribution is 5.97. The number of aliphatic carboxylic acids is 3. The van der Waals surface area contributed by atoms with Gasteiger partial charge in [0.1, 0.15) is 36.3 Å². The molecule has 0 aliphatic heterocycles. The number of aliphatic hydroxyl groups is 2. The van der Waals surface area contributed by atoms with Gasteiger partial charge in [0, 0.05) is 19.3 Å². The first-order chi connectivity index (χ1) is 23.1. The molecule has 6 amide bonds. The van der Waals surface area contributed by atoms with E-state index >= 15 is 0 Å². The van der Waals surface area contributed by atoms with Crippen LogP contribution >= 0.6 is 0 Å². The number of amides is 6. The topological polar surface area (TPSA) is 367 Å². The lowest BCUT2D eigenvalue weighted by Crippen LogP contribution is -2.61. The smallest absolute Gasteiger partial charge is 0.326 e. The van der Waals surface area contributed by atoms with E-state index in [1.807, 2.05) is 0 Å². The minimum atomic E-state index is -1.86. The quantitative estimate of drug-likeness (QED) is 0.0448. The Balaban J connectivity index is 6.23. The fourth-order valence-electron chi connectivity index (χ4n) is 4.27. The molecule has 0 heterocycles. The molecule has 0 aromatic heterocycles. The molecule has 0 rings (SSSR count). The van der Waals surface area contributed by atoms with E-state index in [4.69, 9.17) is 21.7 Å². The minimum absolute atomic E-state index is 0.00137. The molecule has 0 aromatic carbocycles. The summed E-state index contributed by atoms with van der Waals surface area (Å²) in [5.74, 6) is -10.8. The molecule has 0 aliphatic carbocycles. The number of nitrogens with one attached hydrogen (secondary N) is 5. The Kier molecular flexibility index (Phi) is 19.8. The second-order valence-corrected chi connectivity index (χ2v) is 12.1. The number of carbonyl (C=O) groups excluding carboxylic acids is 6. The summed E-state index contributed by atoms with van der Waals surface area (Å²) in [5.41, 5.74) is 10.8. The summed E-state index contributed by atoms with van der Waals surface area (Å²) < 4.78 is 0. The summed E-state index contributed by atoms with van der Waals surface area (Å²) in [6.07, 6.45) is -6.32. The molecule has 21 nitrogen and oxygen atoms in total. The molecule has 8 atom stereocenters. The highest BCUT2D eigenvalue weighted by atomic mass is 16.4. The largest absolute Gasteiger partial charge is 0.481 e. The van der Waals surface area contributed by atoms with Gasteiger partial charge in [0.15, 0.2) is 0 Å². The Morgan fingerprint density at radius 2 is 0.920 bits per heavy atom. The molecule has 14 N–H and O–H groups in total.